The molecule has 0 aliphatic rings. The smallest absolute Gasteiger partial charge is 0.269 e. The maximum absolute atomic E-state index is 10.7. The summed E-state index contributed by atoms with van der Waals surface area (Å²) in [6, 6.07) is 9.64. The number of hydrogen-bond acceptors (Lipinski definition) is 4. The van der Waals surface area contributed by atoms with Gasteiger partial charge < -0.3 is 10.5 Å². The van der Waals surface area contributed by atoms with Gasteiger partial charge in [-0.3, -0.25) is 15.5 Å². The van der Waals surface area contributed by atoms with Gasteiger partial charge in [-0.2, -0.15) is 0 Å². The van der Waals surface area contributed by atoms with Crippen LogP contribution in [-0.2, 0) is 0 Å². The first-order valence-corrected chi connectivity index (χ1v) is 6.26. The third-order valence-corrected chi connectivity index (χ3v) is 3.09. The van der Waals surface area contributed by atoms with E-state index in [0.717, 1.165) is 5.56 Å². The van der Waals surface area contributed by atoms with Gasteiger partial charge >= 0.3 is 0 Å². The molecule has 0 saturated heterocycles. The number of nitrogens with two attached hydrogens (primary N) is 1. The number of benzene rings is 2. The first-order valence-electron chi connectivity index (χ1n) is 6.26. The fourth-order valence-corrected chi connectivity index (χ4v) is 1.99. The zero-order chi connectivity index (χ0) is 15.6. The summed E-state index contributed by atoms with van der Waals surface area (Å²) in [5.74, 6) is 1.15. The minimum absolute atomic E-state index is 0.00515. The molecule has 0 radical (unpaired) electrons. The van der Waals surface area contributed by atoms with Crippen molar-refractivity contribution in [1.29, 1.82) is 5.41 Å². The monoisotopic (exact) mass is 285 g/mol. The van der Waals surface area contributed by atoms with Crippen LogP contribution in [0.5, 0.6) is 11.5 Å². The molecule has 0 aliphatic carbocycles. The van der Waals surface area contributed by atoms with Gasteiger partial charge in [0.2, 0.25) is 0 Å². The number of hydrogen-bond donors (Lipinski definition) is 2. The Morgan fingerprint density at radius 1 is 1.19 bits per heavy atom. The van der Waals surface area contributed by atoms with E-state index in [1.807, 2.05) is 6.92 Å². The molecule has 2 rings (SSSR count). The average Bonchev–Trinajstić information content (AvgIpc) is 2.40. The second-order valence-electron chi connectivity index (χ2n) is 4.70. The molecule has 0 saturated carbocycles. The van der Waals surface area contributed by atoms with E-state index in [-0.39, 0.29) is 11.5 Å². The highest BCUT2D eigenvalue weighted by atomic mass is 16.6. The second kappa shape index (κ2) is 5.62. The van der Waals surface area contributed by atoms with Crippen molar-refractivity contribution < 1.29 is 9.66 Å². The summed E-state index contributed by atoms with van der Waals surface area (Å²) in [7, 11) is 0. The Hall–Kier alpha value is -2.89. The largest absolute Gasteiger partial charge is 0.457 e. The third-order valence-electron chi connectivity index (χ3n) is 3.09. The Morgan fingerprint density at radius 3 is 2.43 bits per heavy atom. The van der Waals surface area contributed by atoms with Crippen LogP contribution in [0.3, 0.4) is 0 Å². The Labute approximate surface area is 121 Å². The number of nitrogens with zero attached hydrogens (tertiary/aromatic N) is 1. The van der Waals surface area contributed by atoms with Gasteiger partial charge in [-0.25, -0.2) is 0 Å². The molecule has 21 heavy (non-hydrogen) atoms. The molecule has 2 aromatic carbocycles. The predicted octanol–water partition coefficient (Wildman–Crippen LogP) is 3.29. The van der Waals surface area contributed by atoms with E-state index in [2.05, 4.69) is 0 Å². The summed E-state index contributed by atoms with van der Waals surface area (Å²) in [4.78, 5) is 10.3. The molecular formula is C15H15N3O3. The number of non-ortho nitro benzene ring substituents is 1. The Balaban J connectivity index is 2.28. The van der Waals surface area contributed by atoms with Gasteiger partial charge in [0, 0.05) is 17.7 Å². The normalized spacial score (nSPS) is 10.2. The van der Waals surface area contributed by atoms with Crippen LogP contribution in [-0.4, -0.2) is 10.8 Å². The minimum Gasteiger partial charge on any atom is -0.457 e. The molecule has 0 aliphatic heterocycles. The lowest BCUT2D eigenvalue weighted by Crippen LogP contribution is -2.12. The number of nitro groups is 1. The summed E-state index contributed by atoms with van der Waals surface area (Å²) < 4.78 is 5.73. The van der Waals surface area contributed by atoms with Crippen molar-refractivity contribution in [3.05, 3.63) is 63.2 Å². The second-order valence-corrected chi connectivity index (χ2v) is 4.70. The third kappa shape index (κ3) is 3.17. The van der Waals surface area contributed by atoms with Gasteiger partial charge in [-0.15, -0.1) is 0 Å². The summed E-state index contributed by atoms with van der Waals surface area (Å²) in [6.45, 7) is 3.59. The number of nitrogen functional groups attached to an aromatic ring is 1. The van der Waals surface area contributed by atoms with Gasteiger partial charge in [0.1, 0.15) is 17.3 Å². The van der Waals surface area contributed by atoms with Crippen LogP contribution >= 0.6 is 0 Å². The average molecular weight is 285 g/mol. The van der Waals surface area contributed by atoms with Crippen molar-refractivity contribution >= 4 is 11.5 Å². The first kappa shape index (κ1) is 14.5. The van der Waals surface area contributed by atoms with Gasteiger partial charge in [-0.05, 0) is 49.2 Å². The van der Waals surface area contributed by atoms with Crippen LogP contribution in [0.2, 0.25) is 0 Å². The van der Waals surface area contributed by atoms with Crippen LogP contribution in [0.1, 0.15) is 16.7 Å². The number of nitro benzene ring substituents is 1. The SMILES string of the molecule is Cc1cc([N+](=O)[O-])ccc1Oc1ccc(C(=N)N)c(C)c1. The Bertz CT molecular complexity index is 726. The van der Waals surface area contributed by atoms with Crippen LogP contribution in [0.4, 0.5) is 5.69 Å². The van der Waals surface area contributed by atoms with Crippen LogP contribution in [0, 0.1) is 29.4 Å². The zero-order valence-corrected chi connectivity index (χ0v) is 11.7. The van der Waals surface area contributed by atoms with Gasteiger partial charge in [0.15, 0.2) is 0 Å². The van der Waals surface area contributed by atoms with Crippen LogP contribution < -0.4 is 10.5 Å². The highest BCUT2D eigenvalue weighted by molar-refractivity contribution is 5.96. The van der Waals surface area contributed by atoms with E-state index in [4.69, 9.17) is 15.9 Å². The summed E-state index contributed by atoms with van der Waals surface area (Å²) in [6.07, 6.45) is 0. The molecule has 2 aromatic rings. The molecule has 0 amide bonds. The molecule has 108 valence electrons. The molecule has 0 atom stereocenters. The molecule has 0 unspecified atom stereocenters. The Morgan fingerprint density at radius 2 is 1.90 bits per heavy atom. The van der Waals surface area contributed by atoms with Crippen LogP contribution in [0.25, 0.3) is 0 Å². The van der Waals surface area contributed by atoms with Crippen molar-refractivity contribution in [2.24, 2.45) is 5.73 Å². The molecule has 6 heteroatoms. The van der Waals surface area contributed by atoms with Crippen molar-refractivity contribution in [2.45, 2.75) is 13.8 Å². The number of rotatable bonds is 4. The number of ether oxygens (including phenoxy) is 1. The van der Waals surface area contributed by atoms with Crippen molar-refractivity contribution in [3.8, 4) is 11.5 Å². The molecule has 3 N–H and O–H groups in total. The van der Waals surface area contributed by atoms with Crippen molar-refractivity contribution in [1.82, 2.24) is 0 Å². The van der Waals surface area contributed by atoms with E-state index in [0.29, 0.717) is 22.6 Å². The minimum atomic E-state index is -0.442. The fourth-order valence-electron chi connectivity index (χ4n) is 1.99. The lowest BCUT2D eigenvalue weighted by atomic mass is 10.1. The highest BCUT2D eigenvalue weighted by Crippen LogP contribution is 2.29. The molecule has 0 spiro atoms. The zero-order valence-electron chi connectivity index (χ0n) is 11.7. The Kier molecular flexibility index (Phi) is 3.89. The summed E-state index contributed by atoms with van der Waals surface area (Å²) >= 11 is 0. The molecule has 0 aromatic heterocycles. The molecule has 0 fully saturated rings. The molecular weight excluding hydrogens is 270 g/mol. The summed E-state index contributed by atoms with van der Waals surface area (Å²) in [5.41, 5.74) is 7.66. The molecule has 0 bridgehead atoms. The van der Waals surface area contributed by atoms with Crippen molar-refractivity contribution in [2.75, 3.05) is 0 Å². The first-order chi connectivity index (χ1) is 9.88. The predicted molar refractivity (Wildman–Crippen MR) is 80.1 cm³/mol. The van der Waals surface area contributed by atoms with E-state index in [1.54, 1.807) is 31.2 Å². The quantitative estimate of drug-likeness (QED) is 0.389. The maximum atomic E-state index is 10.7. The van der Waals surface area contributed by atoms with Gasteiger partial charge in [0.25, 0.3) is 5.69 Å². The van der Waals surface area contributed by atoms with Gasteiger partial charge in [0.05, 0.1) is 4.92 Å². The van der Waals surface area contributed by atoms with E-state index >= 15 is 0 Å². The van der Waals surface area contributed by atoms with E-state index < -0.39 is 4.92 Å². The molecule has 6 nitrogen and oxygen atoms in total. The van der Waals surface area contributed by atoms with Crippen molar-refractivity contribution in [3.63, 3.8) is 0 Å². The number of nitrogens with one attached hydrogen (secondary N) is 1. The standard InChI is InChI=1S/C15H15N3O3/c1-9-8-12(4-5-13(9)15(16)17)21-14-6-3-11(18(19)20)7-10(14)2/h3-8H,1-2H3,(H3,16,17). The van der Waals surface area contributed by atoms with E-state index in [1.165, 1.54) is 12.1 Å². The van der Waals surface area contributed by atoms with Crippen LogP contribution in [0.15, 0.2) is 36.4 Å². The highest BCUT2D eigenvalue weighted by Gasteiger charge is 2.10. The fraction of sp³-hybridized carbons (Fsp3) is 0.133. The van der Waals surface area contributed by atoms with E-state index in [9.17, 15) is 10.1 Å². The lowest BCUT2D eigenvalue weighted by Gasteiger charge is -2.11. The number of aryl methyl sites for hydroxylation is 2. The molecule has 0 heterocycles. The lowest BCUT2D eigenvalue weighted by molar-refractivity contribution is -0.384. The topological polar surface area (TPSA) is 102 Å². The van der Waals surface area contributed by atoms with Gasteiger partial charge in [-0.1, -0.05) is 0 Å². The maximum Gasteiger partial charge on any atom is 0.269 e. The number of amidine groups is 1. The summed E-state index contributed by atoms with van der Waals surface area (Å²) in [5, 5.41) is 18.1.